The van der Waals surface area contributed by atoms with Crippen LogP contribution in [0.2, 0.25) is 0 Å². The van der Waals surface area contributed by atoms with Gasteiger partial charge in [-0.3, -0.25) is 19.2 Å². The Labute approximate surface area is 253 Å². The molecule has 3 amide bonds. The summed E-state index contributed by atoms with van der Waals surface area (Å²) in [5, 5.41) is 13.2. The molecular formula is C33H43N3O7. The maximum atomic E-state index is 14.6. The number of hydrogen-bond acceptors (Lipinski definition) is 7. The zero-order chi connectivity index (χ0) is 30.7. The number of benzene rings is 1. The average Bonchev–Trinajstić information content (AvgIpc) is 3.65. The normalized spacial score (nSPS) is 33.3. The quantitative estimate of drug-likeness (QED) is 0.368. The molecule has 43 heavy (non-hydrogen) atoms. The van der Waals surface area contributed by atoms with E-state index in [0.29, 0.717) is 24.9 Å². The molecule has 5 bridgehead atoms. The molecular weight excluding hydrogens is 550 g/mol. The van der Waals surface area contributed by atoms with Gasteiger partial charge in [0.15, 0.2) is 0 Å². The van der Waals surface area contributed by atoms with Crippen LogP contribution >= 0.6 is 0 Å². The first kappa shape index (κ1) is 30.9. The lowest BCUT2D eigenvalue weighted by Gasteiger charge is -2.40. The highest BCUT2D eigenvalue weighted by Gasteiger charge is 2.74. The predicted molar refractivity (Wildman–Crippen MR) is 158 cm³/mol. The third kappa shape index (κ3) is 5.62. The molecule has 1 spiro atoms. The summed E-state index contributed by atoms with van der Waals surface area (Å²) in [4.78, 5) is 58.9. The molecule has 4 aliphatic heterocycles. The smallest absolute Gasteiger partial charge is 0.313 e. The number of likely N-dealkylation sites (tertiary alicyclic amines) is 1. The van der Waals surface area contributed by atoms with E-state index in [9.17, 15) is 24.3 Å². The van der Waals surface area contributed by atoms with E-state index in [2.05, 4.69) is 12.2 Å². The molecule has 4 aliphatic rings. The zero-order valence-electron chi connectivity index (χ0n) is 25.2. The van der Waals surface area contributed by atoms with Crippen molar-refractivity contribution in [3.8, 4) is 0 Å². The lowest BCUT2D eigenvalue weighted by atomic mass is 9.74. The summed E-state index contributed by atoms with van der Waals surface area (Å²) in [6, 6.07) is 7.36. The van der Waals surface area contributed by atoms with Crippen molar-refractivity contribution in [2.45, 2.75) is 88.8 Å². The standard InChI is InChI=1S/C33H43N3O7/c1-4-12-21(3)35-18-11-7-10-15-26(38)34-19-25(22-13-8-6-9-14-22)42-32(41)27-24-16-17-33(43-24)28(27)30(39)36(23(5-2)20-37)29(33)31(35)40/h6-9,11,13-14,16-17,21,23-25,27-29,37H,4-5,10,12,15,18-20H2,1-3H3,(H,34,38)/b11-7-/t21?,23-,24+,25+,27-,28-,29+,33-/m0/s1. The van der Waals surface area contributed by atoms with Crippen molar-refractivity contribution < 1.29 is 33.8 Å². The Morgan fingerprint density at radius 3 is 2.56 bits per heavy atom. The molecule has 1 unspecified atom stereocenters. The molecule has 10 heteroatoms. The molecule has 1 aromatic rings. The third-order valence-electron chi connectivity index (χ3n) is 9.34. The molecule has 0 aliphatic carbocycles. The Balaban J connectivity index is 1.59. The maximum Gasteiger partial charge on any atom is 0.313 e. The van der Waals surface area contributed by atoms with Crippen LogP contribution in [0, 0.1) is 11.8 Å². The van der Waals surface area contributed by atoms with Gasteiger partial charge in [-0.15, -0.1) is 0 Å². The number of carbonyl (C=O) groups is 4. The number of allylic oxidation sites excluding steroid dienone is 1. The summed E-state index contributed by atoms with van der Waals surface area (Å²) in [7, 11) is 0. The second-order valence-electron chi connectivity index (χ2n) is 12.0. The molecule has 2 N–H and O–H groups in total. The van der Waals surface area contributed by atoms with Crippen LogP contribution in [0.3, 0.4) is 0 Å². The number of aliphatic hydroxyl groups excluding tert-OH is 1. The zero-order valence-corrected chi connectivity index (χ0v) is 25.2. The van der Waals surface area contributed by atoms with E-state index in [-0.39, 0.29) is 37.4 Å². The van der Waals surface area contributed by atoms with Crippen LogP contribution in [0.5, 0.6) is 0 Å². The Kier molecular flexibility index (Phi) is 9.36. The van der Waals surface area contributed by atoms with Crippen molar-refractivity contribution in [1.29, 1.82) is 0 Å². The van der Waals surface area contributed by atoms with Crippen molar-refractivity contribution in [1.82, 2.24) is 15.1 Å². The number of nitrogens with zero attached hydrogens (tertiary/aromatic N) is 2. The Bertz CT molecular complexity index is 1260. The van der Waals surface area contributed by atoms with Gasteiger partial charge in [0.2, 0.25) is 17.7 Å². The molecule has 4 heterocycles. The Hall–Kier alpha value is -3.50. The van der Waals surface area contributed by atoms with Gasteiger partial charge in [-0.05, 0) is 31.7 Å². The van der Waals surface area contributed by atoms with Crippen molar-refractivity contribution >= 4 is 23.7 Å². The topological polar surface area (TPSA) is 125 Å². The van der Waals surface area contributed by atoms with Gasteiger partial charge in [0, 0.05) is 19.0 Å². The van der Waals surface area contributed by atoms with E-state index >= 15 is 0 Å². The minimum atomic E-state index is -1.36. The summed E-state index contributed by atoms with van der Waals surface area (Å²) in [5.41, 5.74) is -0.647. The number of nitrogens with one attached hydrogen (secondary N) is 1. The number of amides is 3. The van der Waals surface area contributed by atoms with Crippen molar-refractivity contribution in [2.24, 2.45) is 11.8 Å². The second-order valence-corrected chi connectivity index (χ2v) is 12.0. The van der Waals surface area contributed by atoms with E-state index in [1.807, 2.05) is 56.3 Å². The lowest BCUT2D eigenvalue weighted by Crippen LogP contribution is -2.59. The van der Waals surface area contributed by atoms with Gasteiger partial charge < -0.3 is 29.7 Å². The van der Waals surface area contributed by atoms with E-state index in [0.717, 1.165) is 12.8 Å². The first-order valence-electron chi connectivity index (χ1n) is 15.5. The summed E-state index contributed by atoms with van der Waals surface area (Å²) >= 11 is 0. The molecule has 232 valence electrons. The molecule has 0 saturated carbocycles. The number of rotatable bonds is 7. The molecule has 0 aromatic heterocycles. The van der Waals surface area contributed by atoms with Crippen LogP contribution in [0.1, 0.15) is 64.5 Å². The minimum Gasteiger partial charge on any atom is -0.455 e. The van der Waals surface area contributed by atoms with Crippen LogP contribution in [0.25, 0.3) is 0 Å². The van der Waals surface area contributed by atoms with Crippen LogP contribution in [-0.4, -0.2) is 88.1 Å². The molecule has 10 nitrogen and oxygen atoms in total. The van der Waals surface area contributed by atoms with Crippen molar-refractivity contribution in [3.63, 3.8) is 0 Å². The van der Waals surface area contributed by atoms with Crippen LogP contribution in [0.15, 0.2) is 54.6 Å². The summed E-state index contributed by atoms with van der Waals surface area (Å²) in [6.07, 6.45) is 8.56. The molecule has 2 saturated heterocycles. The highest BCUT2D eigenvalue weighted by atomic mass is 16.6. The monoisotopic (exact) mass is 593 g/mol. The van der Waals surface area contributed by atoms with Gasteiger partial charge in [0.05, 0.1) is 31.2 Å². The predicted octanol–water partition coefficient (Wildman–Crippen LogP) is 2.68. The van der Waals surface area contributed by atoms with Gasteiger partial charge >= 0.3 is 5.97 Å². The molecule has 5 rings (SSSR count). The number of hydrogen-bond donors (Lipinski definition) is 2. The fraction of sp³-hybridized carbons (Fsp3) is 0.576. The van der Waals surface area contributed by atoms with Gasteiger partial charge in [-0.2, -0.15) is 0 Å². The van der Waals surface area contributed by atoms with E-state index in [1.165, 1.54) is 4.90 Å². The Morgan fingerprint density at radius 2 is 1.86 bits per heavy atom. The van der Waals surface area contributed by atoms with Crippen LogP contribution in [0.4, 0.5) is 0 Å². The van der Waals surface area contributed by atoms with Crippen LogP contribution in [-0.2, 0) is 28.7 Å². The van der Waals surface area contributed by atoms with Gasteiger partial charge in [0.1, 0.15) is 23.7 Å². The van der Waals surface area contributed by atoms with Crippen molar-refractivity contribution in [2.75, 3.05) is 19.7 Å². The number of fused-ring (bicyclic) bond motifs is 2. The number of ether oxygens (including phenoxy) is 2. The number of cyclic esters (lactones) is 1. The first-order valence-corrected chi connectivity index (χ1v) is 15.5. The van der Waals surface area contributed by atoms with Gasteiger partial charge in [-0.1, -0.05) is 74.9 Å². The Morgan fingerprint density at radius 1 is 1.09 bits per heavy atom. The van der Waals surface area contributed by atoms with Crippen LogP contribution < -0.4 is 5.32 Å². The lowest BCUT2D eigenvalue weighted by molar-refractivity contribution is -0.160. The number of carbonyl (C=O) groups excluding carboxylic acids is 4. The summed E-state index contributed by atoms with van der Waals surface area (Å²) < 4.78 is 12.5. The first-order chi connectivity index (χ1) is 20.8. The molecule has 0 radical (unpaired) electrons. The highest BCUT2D eigenvalue weighted by molar-refractivity contribution is 5.99. The molecule has 2 fully saturated rings. The number of esters is 1. The second kappa shape index (κ2) is 13.0. The largest absolute Gasteiger partial charge is 0.455 e. The summed E-state index contributed by atoms with van der Waals surface area (Å²) in [6.45, 7) is 5.95. The summed E-state index contributed by atoms with van der Waals surface area (Å²) in [5.74, 6) is -3.43. The third-order valence-corrected chi connectivity index (χ3v) is 9.34. The van der Waals surface area contributed by atoms with Crippen molar-refractivity contribution in [3.05, 3.63) is 60.2 Å². The van der Waals surface area contributed by atoms with E-state index in [1.54, 1.807) is 17.1 Å². The SMILES string of the molecule is CCCC(C)N1C/C=C\CCC(=O)NC[C@H](c2ccccc2)OC(=O)[C@@H]2[C@H]3C(=O)N([C@@H](CC)CO)[C@H](C1=O)[C@]31C=C[C@H]2O1. The number of aliphatic hydroxyl groups is 1. The molecule has 8 atom stereocenters. The highest BCUT2D eigenvalue weighted by Crippen LogP contribution is 2.56. The van der Waals surface area contributed by atoms with E-state index < -0.39 is 53.6 Å². The fourth-order valence-electron chi connectivity index (χ4n) is 7.11. The van der Waals surface area contributed by atoms with E-state index in [4.69, 9.17) is 9.47 Å². The fourth-order valence-corrected chi connectivity index (χ4v) is 7.11. The maximum absolute atomic E-state index is 14.6. The van der Waals surface area contributed by atoms with Gasteiger partial charge in [-0.25, -0.2) is 0 Å². The minimum absolute atomic E-state index is 0.0775. The molecule has 1 aromatic carbocycles. The average molecular weight is 594 g/mol. The van der Waals surface area contributed by atoms with Gasteiger partial charge in [0.25, 0.3) is 0 Å².